The van der Waals surface area contributed by atoms with Gasteiger partial charge in [-0.1, -0.05) is 18.2 Å². The Morgan fingerprint density at radius 2 is 1.75 bits per heavy atom. The second-order valence-electron chi connectivity index (χ2n) is 6.78. The van der Waals surface area contributed by atoms with Gasteiger partial charge < -0.3 is 19.4 Å². The molecule has 3 aromatic rings. The quantitative estimate of drug-likeness (QED) is 0.554. The fourth-order valence-corrected chi connectivity index (χ4v) is 3.45. The van der Waals surface area contributed by atoms with E-state index in [4.69, 9.17) is 4.42 Å². The van der Waals surface area contributed by atoms with Crippen LogP contribution >= 0.6 is 0 Å². The summed E-state index contributed by atoms with van der Waals surface area (Å²) in [6.07, 6.45) is -3.71. The smallest absolute Gasteiger partial charge is 0.508 e. The summed E-state index contributed by atoms with van der Waals surface area (Å²) in [6, 6.07) is 11.6. The van der Waals surface area contributed by atoms with E-state index in [1.807, 2.05) is 0 Å². The summed E-state index contributed by atoms with van der Waals surface area (Å²) < 4.78 is 47.0. The van der Waals surface area contributed by atoms with Gasteiger partial charge in [0.15, 0.2) is 11.5 Å². The summed E-state index contributed by atoms with van der Waals surface area (Å²) in [6.45, 7) is 0. The number of nitrogens with zero attached hydrogens (tertiary/aromatic N) is 1. The largest absolute Gasteiger partial charge is 0.573 e. The molecule has 1 aliphatic heterocycles. The molecule has 2 aromatic carbocycles. The van der Waals surface area contributed by atoms with Gasteiger partial charge in [-0.25, -0.2) is 0 Å². The van der Waals surface area contributed by atoms with Crippen LogP contribution in [-0.2, 0) is 4.79 Å². The third kappa shape index (κ3) is 3.89. The normalized spacial score (nSPS) is 16.5. The molecule has 0 spiro atoms. The first-order valence-corrected chi connectivity index (χ1v) is 9.15. The number of furan rings is 1. The molecular formula is C22H14F3NO6. The Hall–Kier alpha value is -4.21. The molecular weight excluding hydrogens is 431 g/mol. The molecule has 32 heavy (non-hydrogen) atoms. The number of alkyl halides is 3. The SMILES string of the molecule is O=C(C1=C(O)C(=O)N(c2cccc(OC(F)(F)F)c2)C1c1ccc(O)cc1)c1ccco1. The van der Waals surface area contributed by atoms with Gasteiger partial charge in [0.25, 0.3) is 5.91 Å². The minimum Gasteiger partial charge on any atom is -0.508 e. The zero-order chi connectivity index (χ0) is 23.0. The Morgan fingerprint density at radius 1 is 1.03 bits per heavy atom. The van der Waals surface area contributed by atoms with E-state index in [0.29, 0.717) is 5.56 Å². The van der Waals surface area contributed by atoms with Crippen molar-refractivity contribution in [3.05, 3.63) is 89.6 Å². The second kappa shape index (κ2) is 7.80. The first-order valence-electron chi connectivity index (χ1n) is 9.15. The number of ketones is 1. The van der Waals surface area contributed by atoms with Gasteiger partial charge >= 0.3 is 6.36 Å². The van der Waals surface area contributed by atoms with Crippen molar-refractivity contribution >= 4 is 17.4 Å². The number of Topliss-reactive ketones (excluding diaryl/α,β-unsaturated/α-hetero) is 1. The molecule has 2 heterocycles. The first-order chi connectivity index (χ1) is 15.2. The number of anilines is 1. The fraction of sp³-hybridized carbons (Fsp3) is 0.0909. The number of phenolic OH excluding ortho intramolecular Hbond substituents is 1. The highest BCUT2D eigenvalue weighted by Crippen LogP contribution is 2.43. The second-order valence-corrected chi connectivity index (χ2v) is 6.78. The van der Waals surface area contributed by atoms with Crippen molar-refractivity contribution < 1.29 is 42.1 Å². The number of hydrogen-bond donors (Lipinski definition) is 2. The molecule has 1 aromatic heterocycles. The summed E-state index contributed by atoms with van der Waals surface area (Å²) in [5.74, 6) is -3.45. The molecule has 0 bridgehead atoms. The third-order valence-corrected chi connectivity index (χ3v) is 4.74. The molecule has 1 atom stereocenters. The van der Waals surface area contributed by atoms with Gasteiger partial charge in [0.05, 0.1) is 17.9 Å². The molecule has 1 aliphatic rings. The zero-order valence-electron chi connectivity index (χ0n) is 16.0. The predicted molar refractivity (Wildman–Crippen MR) is 104 cm³/mol. The molecule has 0 fully saturated rings. The van der Waals surface area contributed by atoms with Gasteiger partial charge in [0.1, 0.15) is 11.5 Å². The van der Waals surface area contributed by atoms with Crippen molar-refractivity contribution in [1.82, 2.24) is 0 Å². The summed E-state index contributed by atoms with van der Waals surface area (Å²) >= 11 is 0. The number of aliphatic hydroxyl groups excluding tert-OH is 1. The van der Waals surface area contributed by atoms with Crippen molar-refractivity contribution in [2.45, 2.75) is 12.4 Å². The van der Waals surface area contributed by atoms with Gasteiger partial charge in [-0.15, -0.1) is 13.2 Å². The van der Waals surface area contributed by atoms with E-state index in [1.165, 1.54) is 54.8 Å². The zero-order valence-corrected chi connectivity index (χ0v) is 16.0. The van der Waals surface area contributed by atoms with E-state index >= 15 is 0 Å². The molecule has 4 rings (SSSR count). The number of hydrogen-bond acceptors (Lipinski definition) is 6. The molecule has 7 nitrogen and oxygen atoms in total. The molecule has 2 N–H and O–H groups in total. The van der Waals surface area contributed by atoms with E-state index in [-0.39, 0.29) is 22.8 Å². The van der Waals surface area contributed by atoms with Gasteiger partial charge in [-0.05, 0) is 42.0 Å². The van der Waals surface area contributed by atoms with Crippen LogP contribution in [0.2, 0.25) is 0 Å². The van der Waals surface area contributed by atoms with E-state index in [9.17, 15) is 33.0 Å². The van der Waals surface area contributed by atoms with E-state index in [2.05, 4.69) is 4.74 Å². The maximum atomic E-state index is 13.0. The van der Waals surface area contributed by atoms with Crippen LogP contribution in [0, 0.1) is 0 Å². The average Bonchev–Trinajstić information content (AvgIpc) is 3.35. The van der Waals surface area contributed by atoms with Crippen molar-refractivity contribution in [3.8, 4) is 11.5 Å². The molecule has 10 heteroatoms. The molecule has 0 saturated heterocycles. The van der Waals surface area contributed by atoms with Gasteiger partial charge in [0, 0.05) is 11.8 Å². The molecule has 1 amide bonds. The average molecular weight is 445 g/mol. The Bertz CT molecular complexity index is 1200. The van der Waals surface area contributed by atoms with Gasteiger partial charge in [-0.3, -0.25) is 14.5 Å². The minimum atomic E-state index is -4.95. The van der Waals surface area contributed by atoms with Crippen LogP contribution in [-0.4, -0.2) is 28.3 Å². The number of amides is 1. The molecule has 0 aliphatic carbocycles. The highest BCUT2D eigenvalue weighted by Gasteiger charge is 2.45. The first kappa shape index (κ1) is 21.0. The number of carbonyl (C=O) groups is 2. The summed E-state index contributed by atoms with van der Waals surface area (Å²) in [4.78, 5) is 27.0. The molecule has 164 valence electrons. The van der Waals surface area contributed by atoms with Crippen LogP contribution in [0.1, 0.15) is 22.2 Å². The van der Waals surface area contributed by atoms with Crippen molar-refractivity contribution in [2.24, 2.45) is 0 Å². The summed E-state index contributed by atoms with van der Waals surface area (Å²) in [7, 11) is 0. The Labute approximate surface area is 178 Å². The van der Waals surface area contributed by atoms with Crippen LogP contribution in [0.4, 0.5) is 18.9 Å². The lowest BCUT2D eigenvalue weighted by Crippen LogP contribution is -2.31. The summed E-state index contributed by atoms with van der Waals surface area (Å²) in [5, 5.41) is 20.2. The van der Waals surface area contributed by atoms with Crippen molar-refractivity contribution in [3.63, 3.8) is 0 Å². The maximum Gasteiger partial charge on any atom is 0.573 e. The fourth-order valence-electron chi connectivity index (χ4n) is 3.45. The number of aliphatic hydroxyl groups is 1. The minimum absolute atomic E-state index is 0.0522. The lowest BCUT2D eigenvalue weighted by molar-refractivity contribution is -0.274. The standard InChI is InChI=1S/C22H14F3NO6/c23-22(24,25)32-15-4-1-3-13(11-15)26-18(12-6-8-14(27)9-7-12)17(20(29)21(26)30)19(28)16-5-2-10-31-16/h1-11,18,27,29H. The van der Waals surface area contributed by atoms with Crippen LogP contribution in [0.25, 0.3) is 0 Å². The van der Waals surface area contributed by atoms with Crippen LogP contribution < -0.4 is 9.64 Å². The third-order valence-electron chi connectivity index (χ3n) is 4.74. The number of rotatable bonds is 5. The number of benzene rings is 2. The highest BCUT2D eigenvalue weighted by molar-refractivity contribution is 6.20. The maximum absolute atomic E-state index is 13.0. The van der Waals surface area contributed by atoms with Gasteiger partial charge in [0.2, 0.25) is 5.78 Å². The number of halogens is 3. The lowest BCUT2D eigenvalue weighted by Gasteiger charge is -2.27. The monoisotopic (exact) mass is 445 g/mol. The Balaban J connectivity index is 1.83. The Kier molecular flexibility index (Phi) is 5.13. The van der Waals surface area contributed by atoms with E-state index in [0.717, 1.165) is 17.0 Å². The molecule has 1 unspecified atom stereocenters. The molecule has 0 saturated carbocycles. The van der Waals surface area contributed by atoms with E-state index < -0.39 is 35.6 Å². The lowest BCUT2D eigenvalue weighted by atomic mass is 9.94. The molecule has 0 radical (unpaired) electrons. The van der Waals surface area contributed by atoms with Crippen molar-refractivity contribution in [1.29, 1.82) is 0 Å². The number of aromatic hydroxyl groups is 1. The van der Waals surface area contributed by atoms with Crippen molar-refractivity contribution in [2.75, 3.05) is 4.90 Å². The van der Waals surface area contributed by atoms with E-state index in [1.54, 1.807) is 0 Å². The highest BCUT2D eigenvalue weighted by atomic mass is 19.4. The van der Waals surface area contributed by atoms with Crippen LogP contribution in [0.3, 0.4) is 0 Å². The number of ether oxygens (including phenoxy) is 1. The predicted octanol–water partition coefficient (Wildman–Crippen LogP) is 4.67. The summed E-state index contributed by atoms with van der Waals surface area (Å²) in [5.41, 5.74) is -0.0568. The van der Waals surface area contributed by atoms with Crippen LogP contribution in [0.5, 0.6) is 11.5 Å². The Morgan fingerprint density at radius 3 is 2.38 bits per heavy atom. The number of phenols is 1. The number of carbonyl (C=O) groups excluding carboxylic acids is 2. The van der Waals surface area contributed by atoms with Crippen LogP contribution in [0.15, 0.2) is 82.7 Å². The topological polar surface area (TPSA) is 100 Å². The van der Waals surface area contributed by atoms with Gasteiger partial charge in [-0.2, -0.15) is 0 Å².